The molecule has 2 aromatic rings. The number of benzene rings is 2. The van der Waals surface area contributed by atoms with Crippen molar-refractivity contribution in [2.24, 2.45) is 0 Å². The highest BCUT2D eigenvalue weighted by Gasteiger charge is 2.28. The van der Waals surface area contributed by atoms with Crippen molar-refractivity contribution in [3.63, 3.8) is 0 Å². The van der Waals surface area contributed by atoms with Gasteiger partial charge in [-0.2, -0.15) is 0 Å². The van der Waals surface area contributed by atoms with Crippen molar-refractivity contribution >= 4 is 23.4 Å². The van der Waals surface area contributed by atoms with Crippen LogP contribution in [0.2, 0.25) is 5.02 Å². The molecule has 1 N–H and O–H groups in total. The number of carbonyl (C=O) groups is 2. The van der Waals surface area contributed by atoms with Crippen LogP contribution in [0, 0.1) is 6.92 Å². The lowest BCUT2D eigenvalue weighted by Crippen LogP contribution is -2.51. The summed E-state index contributed by atoms with van der Waals surface area (Å²) in [5.41, 5.74) is 2.00. The lowest BCUT2D eigenvalue weighted by atomic mass is 10.1. The number of halogens is 1. The van der Waals surface area contributed by atoms with E-state index < -0.39 is 6.04 Å². The fraction of sp³-hybridized carbons (Fsp3) is 0.417. The Labute approximate surface area is 184 Å². The molecule has 0 heterocycles. The van der Waals surface area contributed by atoms with Crippen molar-refractivity contribution in [1.82, 2.24) is 10.2 Å². The molecule has 5 nitrogen and oxygen atoms in total. The van der Waals surface area contributed by atoms with Gasteiger partial charge in [0.1, 0.15) is 11.8 Å². The highest BCUT2D eigenvalue weighted by Crippen LogP contribution is 2.21. The fourth-order valence-corrected chi connectivity index (χ4v) is 3.31. The lowest BCUT2D eigenvalue weighted by molar-refractivity contribution is -0.142. The fourth-order valence-electron chi connectivity index (χ4n) is 3.20. The molecule has 0 saturated carbocycles. The summed E-state index contributed by atoms with van der Waals surface area (Å²) in [7, 11) is 0. The van der Waals surface area contributed by atoms with Crippen molar-refractivity contribution in [1.29, 1.82) is 0 Å². The molecule has 0 aliphatic rings. The molecular weight excluding hydrogens is 400 g/mol. The number of nitrogens with one attached hydrogen (secondary N) is 1. The Kier molecular flexibility index (Phi) is 9.68. The van der Waals surface area contributed by atoms with Crippen LogP contribution in [-0.2, 0) is 16.0 Å². The Morgan fingerprint density at radius 3 is 2.50 bits per heavy atom. The topological polar surface area (TPSA) is 58.6 Å². The third kappa shape index (κ3) is 7.06. The zero-order valence-electron chi connectivity index (χ0n) is 18.0. The van der Waals surface area contributed by atoms with E-state index in [0.717, 1.165) is 17.5 Å². The minimum atomic E-state index is -0.525. The maximum absolute atomic E-state index is 13.1. The number of carbonyl (C=O) groups excluding carboxylic acids is 2. The summed E-state index contributed by atoms with van der Waals surface area (Å²) >= 11 is 6.05. The number of hydrogen-bond acceptors (Lipinski definition) is 3. The zero-order chi connectivity index (χ0) is 21.9. The van der Waals surface area contributed by atoms with Crippen LogP contribution in [-0.4, -0.2) is 42.5 Å². The standard InChI is InChI=1S/C24H31ClN2O3/c1-4-14-26-24(29)22(5-2)27(15-13-19-9-7-6-8-10-19)23(28)17-30-20-11-12-21(25)18(3)16-20/h6-12,16,22H,4-5,13-15,17H2,1-3H3,(H,26,29). The van der Waals surface area contributed by atoms with Crippen LogP contribution >= 0.6 is 11.6 Å². The van der Waals surface area contributed by atoms with Crippen LogP contribution in [0.25, 0.3) is 0 Å². The third-order valence-electron chi connectivity index (χ3n) is 4.91. The molecule has 0 aliphatic carbocycles. The molecule has 30 heavy (non-hydrogen) atoms. The Balaban J connectivity index is 2.11. The van der Waals surface area contributed by atoms with E-state index in [9.17, 15) is 9.59 Å². The number of rotatable bonds is 11. The van der Waals surface area contributed by atoms with Gasteiger partial charge in [-0.25, -0.2) is 0 Å². The van der Waals surface area contributed by atoms with Crippen LogP contribution in [0.15, 0.2) is 48.5 Å². The van der Waals surface area contributed by atoms with Crippen LogP contribution in [0.1, 0.15) is 37.8 Å². The third-order valence-corrected chi connectivity index (χ3v) is 5.34. The Bertz CT molecular complexity index is 826. The van der Waals surface area contributed by atoms with Gasteiger partial charge in [-0.1, -0.05) is 55.8 Å². The van der Waals surface area contributed by atoms with E-state index in [0.29, 0.717) is 36.7 Å². The number of amides is 2. The van der Waals surface area contributed by atoms with Crippen molar-refractivity contribution < 1.29 is 14.3 Å². The van der Waals surface area contributed by atoms with E-state index in [1.165, 1.54) is 0 Å². The summed E-state index contributed by atoms with van der Waals surface area (Å²) in [5, 5.41) is 3.57. The van der Waals surface area contributed by atoms with E-state index in [1.807, 2.05) is 51.1 Å². The first-order valence-electron chi connectivity index (χ1n) is 10.5. The lowest BCUT2D eigenvalue weighted by Gasteiger charge is -2.30. The van der Waals surface area contributed by atoms with Gasteiger partial charge < -0.3 is 15.0 Å². The molecule has 0 spiro atoms. The molecule has 1 atom stereocenters. The van der Waals surface area contributed by atoms with Gasteiger partial charge in [-0.3, -0.25) is 9.59 Å². The molecule has 162 valence electrons. The number of aryl methyl sites for hydroxylation is 1. The van der Waals surface area contributed by atoms with Gasteiger partial charge in [0.2, 0.25) is 5.91 Å². The highest BCUT2D eigenvalue weighted by molar-refractivity contribution is 6.31. The Morgan fingerprint density at radius 2 is 1.87 bits per heavy atom. The first-order valence-corrected chi connectivity index (χ1v) is 10.8. The molecule has 2 amide bonds. The molecular formula is C24H31ClN2O3. The van der Waals surface area contributed by atoms with Gasteiger partial charge in [0.15, 0.2) is 6.61 Å². The smallest absolute Gasteiger partial charge is 0.261 e. The van der Waals surface area contributed by atoms with Crippen LogP contribution in [0.5, 0.6) is 5.75 Å². The second-order valence-corrected chi connectivity index (χ2v) is 7.64. The Morgan fingerprint density at radius 1 is 1.13 bits per heavy atom. The second kappa shape index (κ2) is 12.2. The van der Waals surface area contributed by atoms with Gasteiger partial charge in [-0.05, 0) is 55.5 Å². The average molecular weight is 431 g/mol. The largest absolute Gasteiger partial charge is 0.484 e. The van der Waals surface area contributed by atoms with Gasteiger partial charge in [0, 0.05) is 18.1 Å². The van der Waals surface area contributed by atoms with Crippen LogP contribution in [0.4, 0.5) is 0 Å². The molecule has 1 unspecified atom stereocenters. The summed E-state index contributed by atoms with van der Waals surface area (Å²) in [6.07, 6.45) is 2.06. The van der Waals surface area contributed by atoms with Gasteiger partial charge >= 0.3 is 0 Å². The van der Waals surface area contributed by atoms with Crippen molar-refractivity contribution in [3.8, 4) is 5.75 Å². The molecule has 2 aromatic carbocycles. The molecule has 0 radical (unpaired) electrons. The van der Waals surface area contributed by atoms with E-state index in [1.54, 1.807) is 23.1 Å². The van der Waals surface area contributed by atoms with E-state index >= 15 is 0 Å². The van der Waals surface area contributed by atoms with Crippen LogP contribution < -0.4 is 10.1 Å². The van der Waals surface area contributed by atoms with E-state index in [4.69, 9.17) is 16.3 Å². The number of ether oxygens (including phenoxy) is 1. The molecule has 6 heteroatoms. The predicted octanol–water partition coefficient (Wildman–Crippen LogP) is 4.40. The quantitative estimate of drug-likeness (QED) is 0.574. The van der Waals surface area contributed by atoms with E-state index in [2.05, 4.69) is 5.32 Å². The minimum absolute atomic E-state index is 0.122. The van der Waals surface area contributed by atoms with Crippen molar-refractivity contribution in [2.75, 3.05) is 19.7 Å². The summed E-state index contributed by atoms with van der Waals surface area (Å²) < 4.78 is 5.71. The zero-order valence-corrected chi connectivity index (χ0v) is 18.7. The maximum atomic E-state index is 13.1. The molecule has 0 aliphatic heterocycles. The SMILES string of the molecule is CCCNC(=O)C(CC)N(CCc1ccccc1)C(=O)COc1ccc(Cl)c(C)c1. The number of nitrogens with zero attached hydrogens (tertiary/aromatic N) is 1. The summed E-state index contributed by atoms with van der Waals surface area (Å²) in [5.74, 6) is 0.247. The summed E-state index contributed by atoms with van der Waals surface area (Å²) in [6.45, 7) is 6.71. The van der Waals surface area contributed by atoms with E-state index in [-0.39, 0.29) is 18.4 Å². The van der Waals surface area contributed by atoms with Gasteiger partial charge in [-0.15, -0.1) is 0 Å². The first kappa shape index (κ1) is 23.7. The van der Waals surface area contributed by atoms with Crippen molar-refractivity contribution in [2.45, 2.75) is 46.1 Å². The maximum Gasteiger partial charge on any atom is 0.261 e. The van der Waals surface area contributed by atoms with Crippen molar-refractivity contribution in [3.05, 3.63) is 64.7 Å². The Hall–Kier alpha value is -2.53. The normalized spacial score (nSPS) is 11.6. The predicted molar refractivity (Wildman–Crippen MR) is 121 cm³/mol. The molecule has 0 saturated heterocycles. The highest BCUT2D eigenvalue weighted by atomic mass is 35.5. The molecule has 0 fully saturated rings. The molecule has 2 rings (SSSR count). The molecule has 0 bridgehead atoms. The second-order valence-electron chi connectivity index (χ2n) is 7.24. The molecule has 0 aromatic heterocycles. The summed E-state index contributed by atoms with van der Waals surface area (Å²) in [6, 6.07) is 14.7. The first-order chi connectivity index (χ1) is 14.5. The minimum Gasteiger partial charge on any atom is -0.484 e. The van der Waals surface area contributed by atoms with Gasteiger partial charge in [0.05, 0.1) is 0 Å². The average Bonchev–Trinajstić information content (AvgIpc) is 2.76. The van der Waals surface area contributed by atoms with Gasteiger partial charge in [0.25, 0.3) is 5.91 Å². The van der Waals surface area contributed by atoms with Crippen LogP contribution in [0.3, 0.4) is 0 Å². The number of hydrogen-bond donors (Lipinski definition) is 1. The monoisotopic (exact) mass is 430 g/mol. The summed E-state index contributed by atoms with van der Waals surface area (Å²) in [4.78, 5) is 27.4.